The van der Waals surface area contributed by atoms with Crippen LogP contribution in [0.4, 0.5) is 0 Å². The number of carboxylic acids is 1. The fraction of sp³-hybridized carbons (Fsp3) is 0.316. The highest BCUT2D eigenvalue weighted by atomic mass is 16.4. The van der Waals surface area contributed by atoms with Gasteiger partial charge in [0.2, 0.25) is 0 Å². The molecular weight excluding hydrogens is 348 g/mol. The zero-order valence-corrected chi connectivity index (χ0v) is 15.5. The molecule has 0 spiro atoms. The van der Waals surface area contributed by atoms with Crippen LogP contribution in [-0.2, 0) is 4.79 Å². The number of Topliss-reactive ketones (excluding diaryl/α,β-unsaturated/α-hetero) is 1. The number of carbonyl (C=O) groups excluding carboxylic acids is 1. The summed E-state index contributed by atoms with van der Waals surface area (Å²) in [5.41, 5.74) is 3.13. The average molecular weight is 368 g/mol. The van der Waals surface area contributed by atoms with E-state index in [-0.39, 0.29) is 11.5 Å². The summed E-state index contributed by atoms with van der Waals surface area (Å²) in [6, 6.07) is 2.76. The van der Waals surface area contributed by atoms with Crippen LogP contribution < -0.4 is 0 Å². The van der Waals surface area contributed by atoms with E-state index in [1.807, 2.05) is 13.0 Å². The predicted octanol–water partition coefficient (Wildman–Crippen LogP) is 2.70. The van der Waals surface area contributed by atoms with Crippen molar-refractivity contribution in [3.8, 4) is 11.1 Å². The number of aliphatic hydroxyl groups is 1. The van der Waals surface area contributed by atoms with E-state index in [1.54, 1.807) is 25.4 Å². The number of aliphatic carboxylic acids is 1. The number of hydrogen-bond acceptors (Lipinski definition) is 6. The maximum Gasteiger partial charge on any atom is 0.328 e. The lowest BCUT2D eigenvalue weighted by Crippen LogP contribution is -2.17. The summed E-state index contributed by atoms with van der Waals surface area (Å²) >= 11 is 0. The van der Waals surface area contributed by atoms with Crippen LogP contribution in [0.1, 0.15) is 54.8 Å². The molecular formula is C19H20N4O4. The number of hydrogen-bond donors (Lipinski definition) is 2. The smallest absolute Gasteiger partial charge is 0.328 e. The zero-order chi connectivity index (χ0) is 19.9. The van der Waals surface area contributed by atoms with Crippen LogP contribution in [0.15, 0.2) is 24.5 Å². The number of aromatic nitrogens is 4. The number of benzene rings is 1. The van der Waals surface area contributed by atoms with E-state index < -0.39 is 18.1 Å². The molecule has 0 amide bonds. The summed E-state index contributed by atoms with van der Waals surface area (Å²) in [7, 11) is 0. The lowest BCUT2D eigenvalue weighted by atomic mass is 10.0. The average Bonchev–Trinajstić information content (AvgIpc) is 3.01. The molecule has 140 valence electrons. The molecule has 0 aliphatic carbocycles. The number of aliphatic hydroxyl groups excluding tert-OH is 1. The van der Waals surface area contributed by atoms with Crippen molar-refractivity contribution < 1.29 is 19.8 Å². The second kappa shape index (κ2) is 6.88. The molecule has 2 atom stereocenters. The lowest BCUT2D eigenvalue weighted by Gasteiger charge is -2.11. The van der Waals surface area contributed by atoms with Crippen molar-refractivity contribution in [2.24, 2.45) is 0 Å². The topological polar surface area (TPSA) is 118 Å². The van der Waals surface area contributed by atoms with Crippen LogP contribution in [0.2, 0.25) is 0 Å². The first kappa shape index (κ1) is 18.7. The summed E-state index contributed by atoms with van der Waals surface area (Å²) in [5, 5.41) is 23.8. The number of carbonyl (C=O) groups is 2. The molecule has 27 heavy (non-hydrogen) atoms. The molecule has 1 aromatic carbocycles. The van der Waals surface area contributed by atoms with E-state index in [4.69, 9.17) is 0 Å². The van der Waals surface area contributed by atoms with E-state index in [9.17, 15) is 19.8 Å². The highest BCUT2D eigenvalue weighted by Crippen LogP contribution is 2.31. The van der Waals surface area contributed by atoms with Gasteiger partial charge in [-0.05, 0) is 44.0 Å². The van der Waals surface area contributed by atoms with Crippen LogP contribution in [-0.4, -0.2) is 41.7 Å². The summed E-state index contributed by atoms with van der Waals surface area (Å²) in [6.45, 7) is 6.35. The molecule has 0 bridgehead atoms. The Morgan fingerprint density at radius 2 is 1.74 bits per heavy atom. The van der Waals surface area contributed by atoms with Gasteiger partial charge in [0.05, 0.1) is 5.52 Å². The molecule has 3 rings (SSSR count). The normalized spacial score (nSPS) is 13.5. The first-order valence-electron chi connectivity index (χ1n) is 8.47. The van der Waals surface area contributed by atoms with Gasteiger partial charge < -0.3 is 10.2 Å². The van der Waals surface area contributed by atoms with Crippen molar-refractivity contribution in [3.63, 3.8) is 0 Å². The molecule has 2 unspecified atom stereocenters. The third-order valence-corrected chi connectivity index (χ3v) is 4.43. The van der Waals surface area contributed by atoms with Gasteiger partial charge in [0.1, 0.15) is 17.8 Å². The maximum atomic E-state index is 12.1. The van der Waals surface area contributed by atoms with Gasteiger partial charge >= 0.3 is 5.97 Å². The Kier molecular flexibility index (Phi) is 4.75. The second-order valence-electron chi connectivity index (χ2n) is 6.56. The van der Waals surface area contributed by atoms with Crippen molar-refractivity contribution in [3.05, 3.63) is 41.6 Å². The Bertz CT molecular complexity index is 1040. The van der Waals surface area contributed by atoms with Gasteiger partial charge in [0.15, 0.2) is 11.6 Å². The Balaban J connectivity index is 2.22. The maximum absolute atomic E-state index is 12.1. The van der Waals surface area contributed by atoms with E-state index in [2.05, 4.69) is 15.1 Å². The Morgan fingerprint density at radius 3 is 2.26 bits per heavy atom. The van der Waals surface area contributed by atoms with Gasteiger partial charge in [-0.3, -0.25) is 4.79 Å². The SMILES string of the molecule is CC(=O)c1nn(C(C)C(=O)O)c2c(C)cc(-c3cnc(C(C)O)nc3)cc12. The molecule has 8 heteroatoms. The first-order valence-corrected chi connectivity index (χ1v) is 8.47. The molecule has 3 aromatic rings. The first-order chi connectivity index (χ1) is 12.7. The van der Waals surface area contributed by atoms with Crippen LogP contribution >= 0.6 is 0 Å². The summed E-state index contributed by atoms with van der Waals surface area (Å²) in [4.78, 5) is 31.8. The molecule has 0 aliphatic rings. The number of rotatable bonds is 5. The Hall–Kier alpha value is -3.13. The van der Waals surface area contributed by atoms with Crippen molar-refractivity contribution in [2.45, 2.75) is 39.8 Å². The summed E-state index contributed by atoms with van der Waals surface area (Å²) in [6.07, 6.45) is 2.45. The minimum absolute atomic E-state index is 0.226. The molecule has 2 aromatic heterocycles. The van der Waals surface area contributed by atoms with E-state index >= 15 is 0 Å². The molecule has 0 fully saturated rings. The van der Waals surface area contributed by atoms with Crippen molar-refractivity contribution in [2.75, 3.05) is 0 Å². The van der Waals surface area contributed by atoms with Crippen LogP contribution in [0.25, 0.3) is 22.0 Å². The molecule has 2 N–H and O–H groups in total. The quantitative estimate of drug-likeness (QED) is 0.665. The molecule has 0 radical (unpaired) electrons. The standard InChI is InChI=1S/C19H20N4O4/c1-9-5-13(14-7-20-18(12(4)25)21-8-14)6-15-16(11(3)24)22-23(17(9)15)10(2)19(26)27/h5-8,10,12,25H,1-4H3,(H,26,27). The molecule has 2 heterocycles. The van der Waals surface area contributed by atoms with Crippen LogP contribution in [0.3, 0.4) is 0 Å². The Labute approximate surface area is 155 Å². The van der Waals surface area contributed by atoms with Crippen LogP contribution in [0, 0.1) is 6.92 Å². The van der Waals surface area contributed by atoms with Gasteiger partial charge in [-0.1, -0.05) is 0 Å². The minimum Gasteiger partial charge on any atom is -0.480 e. The fourth-order valence-corrected chi connectivity index (χ4v) is 2.99. The predicted molar refractivity (Wildman–Crippen MR) is 98.5 cm³/mol. The number of fused-ring (bicyclic) bond motifs is 1. The zero-order valence-electron chi connectivity index (χ0n) is 15.5. The number of aryl methyl sites for hydroxylation is 1. The number of carboxylic acid groups (broad SMARTS) is 1. The molecule has 0 aliphatic heterocycles. The van der Waals surface area contributed by atoms with Crippen LogP contribution in [0.5, 0.6) is 0 Å². The molecule has 8 nitrogen and oxygen atoms in total. The van der Waals surface area contributed by atoms with Crippen molar-refractivity contribution >= 4 is 22.7 Å². The highest BCUT2D eigenvalue weighted by Gasteiger charge is 2.23. The largest absolute Gasteiger partial charge is 0.480 e. The van der Waals surface area contributed by atoms with Gasteiger partial charge in [0.25, 0.3) is 0 Å². The summed E-state index contributed by atoms with van der Waals surface area (Å²) < 4.78 is 1.38. The molecule has 0 saturated heterocycles. The lowest BCUT2D eigenvalue weighted by molar-refractivity contribution is -0.140. The fourth-order valence-electron chi connectivity index (χ4n) is 2.99. The highest BCUT2D eigenvalue weighted by molar-refractivity contribution is 6.07. The second-order valence-corrected chi connectivity index (χ2v) is 6.56. The van der Waals surface area contributed by atoms with Gasteiger partial charge in [0, 0.05) is 30.3 Å². The van der Waals surface area contributed by atoms with E-state index in [1.165, 1.54) is 18.5 Å². The van der Waals surface area contributed by atoms with Gasteiger partial charge in [-0.15, -0.1) is 0 Å². The molecule has 0 saturated carbocycles. The minimum atomic E-state index is -1.03. The third kappa shape index (κ3) is 3.31. The van der Waals surface area contributed by atoms with Gasteiger partial charge in [-0.25, -0.2) is 19.4 Å². The van der Waals surface area contributed by atoms with Gasteiger partial charge in [-0.2, -0.15) is 5.10 Å². The number of ketones is 1. The summed E-state index contributed by atoms with van der Waals surface area (Å²) in [5.74, 6) is -0.947. The van der Waals surface area contributed by atoms with E-state index in [0.29, 0.717) is 16.7 Å². The number of nitrogens with zero attached hydrogens (tertiary/aromatic N) is 4. The Morgan fingerprint density at radius 1 is 1.11 bits per heavy atom. The monoisotopic (exact) mass is 368 g/mol. The van der Waals surface area contributed by atoms with E-state index in [0.717, 1.165) is 16.7 Å². The van der Waals surface area contributed by atoms with Crippen molar-refractivity contribution in [1.29, 1.82) is 0 Å². The third-order valence-electron chi connectivity index (χ3n) is 4.43. The van der Waals surface area contributed by atoms with Crippen molar-refractivity contribution in [1.82, 2.24) is 19.7 Å².